The molecule has 16 heavy (non-hydrogen) atoms. The van der Waals surface area contributed by atoms with Crippen LogP contribution in [0.4, 0.5) is 0 Å². The lowest BCUT2D eigenvalue weighted by molar-refractivity contribution is 0.315. The van der Waals surface area contributed by atoms with E-state index in [0.29, 0.717) is 0 Å². The zero-order chi connectivity index (χ0) is 11.8. The van der Waals surface area contributed by atoms with Crippen LogP contribution in [-0.4, -0.2) is 10.9 Å². The van der Waals surface area contributed by atoms with E-state index in [-0.39, 0.29) is 5.41 Å². The Labute approximate surface area is 96.3 Å². The number of oxime groups is 1. The van der Waals surface area contributed by atoms with Gasteiger partial charge in [-0.1, -0.05) is 49.9 Å². The Morgan fingerprint density at radius 2 is 2.19 bits per heavy atom. The van der Waals surface area contributed by atoms with Crippen molar-refractivity contribution in [2.75, 3.05) is 0 Å². The van der Waals surface area contributed by atoms with Crippen molar-refractivity contribution in [2.24, 2.45) is 5.16 Å². The number of hydrogen-bond donors (Lipinski definition) is 1. The second-order valence-electron chi connectivity index (χ2n) is 4.94. The van der Waals surface area contributed by atoms with Crippen LogP contribution in [0.1, 0.15) is 43.4 Å². The summed E-state index contributed by atoms with van der Waals surface area (Å²) in [4.78, 5) is 0. The molecule has 1 aliphatic rings. The van der Waals surface area contributed by atoms with E-state index < -0.39 is 0 Å². The fourth-order valence-electron chi connectivity index (χ4n) is 2.30. The minimum atomic E-state index is 0.141. The van der Waals surface area contributed by atoms with E-state index >= 15 is 0 Å². The van der Waals surface area contributed by atoms with Crippen LogP contribution < -0.4 is 0 Å². The highest BCUT2D eigenvalue weighted by atomic mass is 16.4. The molecule has 0 bridgehead atoms. The topological polar surface area (TPSA) is 32.6 Å². The predicted octanol–water partition coefficient (Wildman–Crippen LogP) is 3.58. The maximum absolute atomic E-state index is 9.00. The van der Waals surface area contributed by atoms with Gasteiger partial charge in [0, 0.05) is 5.56 Å². The molecule has 0 amide bonds. The Kier molecular flexibility index (Phi) is 2.58. The van der Waals surface area contributed by atoms with Crippen LogP contribution in [0.15, 0.2) is 29.9 Å². The molecule has 2 heteroatoms. The van der Waals surface area contributed by atoms with Gasteiger partial charge in [-0.15, -0.1) is 0 Å². The molecule has 0 atom stereocenters. The molecule has 1 aliphatic carbocycles. The monoisotopic (exact) mass is 215 g/mol. The molecule has 0 aliphatic heterocycles. The Balaban J connectivity index is 2.64. The summed E-state index contributed by atoms with van der Waals surface area (Å²) < 4.78 is 0. The summed E-state index contributed by atoms with van der Waals surface area (Å²) in [7, 11) is 0. The molecule has 0 heterocycles. The Morgan fingerprint density at radius 3 is 2.81 bits per heavy atom. The van der Waals surface area contributed by atoms with Crippen molar-refractivity contribution in [1.29, 1.82) is 0 Å². The summed E-state index contributed by atoms with van der Waals surface area (Å²) in [6, 6.07) is 6.19. The molecule has 2 rings (SSSR count). The van der Waals surface area contributed by atoms with Gasteiger partial charge in [-0.3, -0.25) is 0 Å². The third-order valence-electron chi connectivity index (χ3n) is 3.43. The number of benzene rings is 1. The van der Waals surface area contributed by atoms with Gasteiger partial charge in [-0.2, -0.15) is 0 Å². The van der Waals surface area contributed by atoms with Gasteiger partial charge in [0.25, 0.3) is 0 Å². The Morgan fingerprint density at radius 1 is 1.44 bits per heavy atom. The fourth-order valence-corrected chi connectivity index (χ4v) is 2.30. The zero-order valence-electron chi connectivity index (χ0n) is 9.83. The van der Waals surface area contributed by atoms with Gasteiger partial charge >= 0.3 is 0 Å². The molecule has 1 N–H and O–H groups in total. The summed E-state index contributed by atoms with van der Waals surface area (Å²) in [5.41, 5.74) is 4.38. The first kappa shape index (κ1) is 10.9. The lowest BCUT2D eigenvalue weighted by Gasteiger charge is -2.33. The SMILES string of the molecule is C=Cc1ccc2c(c1)C(C)(C)CC/C2=N/O. The first-order valence-corrected chi connectivity index (χ1v) is 5.57. The van der Waals surface area contributed by atoms with Crippen LogP contribution in [0.25, 0.3) is 6.08 Å². The van der Waals surface area contributed by atoms with E-state index in [2.05, 4.69) is 31.6 Å². The molecule has 0 saturated carbocycles. The molecule has 2 nitrogen and oxygen atoms in total. The van der Waals surface area contributed by atoms with Gasteiger partial charge in [0.2, 0.25) is 0 Å². The minimum absolute atomic E-state index is 0.141. The summed E-state index contributed by atoms with van der Waals surface area (Å²) in [6.07, 6.45) is 3.70. The van der Waals surface area contributed by atoms with Gasteiger partial charge in [0.15, 0.2) is 0 Å². The number of nitrogens with zero attached hydrogens (tertiary/aromatic N) is 1. The van der Waals surface area contributed by atoms with E-state index in [9.17, 15) is 0 Å². The molecular weight excluding hydrogens is 198 g/mol. The van der Waals surface area contributed by atoms with E-state index in [0.717, 1.165) is 29.7 Å². The van der Waals surface area contributed by atoms with Crippen molar-refractivity contribution in [3.8, 4) is 0 Å². The van der Waals surface area contributed by atoms with Crippen LogP contribution in [-0.2, 0) is 5.41 Å². The molecule has 1 aromatic rings. The predicted molar refractivity (Wildman–Crippen MR) is 67.1 cm³/mol. The van der Waals surface area contributed by atoms with Crippen molar-refractivity contribution >= 4 is 11.8 Å². The van der Waals surface area contributed by atoms with Gasteiger partial charge < -0.3 is 5.21 Å². The van der Waals surface area contributed by atoms with E-state index in [4.69, 9.17) is 5.21 Å². The number of hydrogen-bond acceptors (Lipinski definition) is 2. The highest BCUT2D eigenvalue weighted by molar-refractivity contribution is 6.03. The van der Waals surface area contributed by atoms with Gasteiger partial charge in [-0.25, -0.2) is 0 Å². The van der Waals surface area contributed by atoms with Crippen molar-refractivity contribution in [3.05, 3.63) is 41.5 Å². The van der Waals surface area contributed by atoms with Crippen molar-refractivity contribution < 1.29 is 5.21 Å². The maximum Gasteiger partial charge on any atom is 0.0871 e. The van der Waals surface area contributed by atoms with E-state index in [1.165, 1.54) is 5.56 Å². The third kappa shape index (κ3) is 1.64. The fraction of sp³-hybridized carbons (Fsp3) is 0.357. The van der Waals surface area contributed by atoms with Crippen LogP contribution in [0.3, 0.4) is 0 Å². The summed E-state index contributed by atoms with van der Waals surface area (Å²) >= 11 is 0. The minimum Gasteiger partial charge on any atom is -0.411 e. The largest absolute Gasteiger partial charge is 0.411 e. The first-order chi connectivity index (χ1) is 7.58. The Hall–Kier alpha value is -1.57. The maximum atomic E-state index is 9.00. The lowest BCUT2D eigenvalue weighted by atomic mass is 9.71. The highest BCUT2D eigenvalue weighted by Gasteiger charge is 2.30. The summed E-state index contributed by atoms with van der Waals surface area (Å²) in [5.74, 6) is 0. The molecule has 84 valence electrons. The van der Waals surface area contributed by atoms with Crippen LogP contribution in [0, 0.1) is 0 Å². The number of rotatable bonds is 1. The summed E-state index contributed by atoms with van der Waals surface area (Å²) in [6.45, 7) is 8.25. The van der Waals surface area contributed by atoms with Gasteiger partial charge in [0.1, 0.15) is 0 Å². The molecule has 0 aromatic heterocycles. The first-order valence-electron chi connectivity index (χ1n) is 5.57. The molecule has 1 aromatic carbocycles. The lowest BCUT2D eigenvalue weighted by Crippen LogP contribution is -2.27. The van der Waals surface area contributed by atoms with Crippen LogP contribution in [0.5, 0.6) is 0 Å². The molecular formula is C14H17NO. The average molecular weight is 215 g/mol. The molecule has 0 spiro atoms. The van der Waals surface area contributed by atoms with Crippen molar-refractivity contribution in [3.63, 3.8) is 0 Å². The van der Waals surface area contributed by atoms with Crippen molar-refractivity contribution in [1.82, 2.24) is 0 Å². The standard InChI is InChI=1S/C14H17NO/c1-4-10-5-6-11-12(9-10)14(2,3)8-7-13(11)15-16/h4-6,9,16H,1,7-8H2,2-3H3/b15-13-. The third-order valence-corrected chi connectivity index (χ3v) is 3.43. The normalized spacial score (nSPS) is 20.5. The van der Waals surface area contributed by atoms with E-state index in [1.54, 1.807) is 0 Å². The van der Waals surface area contributed by atoms with Gasteiger partial charge in [0.05, 0.1) is 5.71 Å². The summed E-state index contributed by atoms with van der Waals surface area (Å²) in [5, 5.41) is 12.4. The average Bonchev–Trinajstić information content (AvgIpc) is 2.29. The Bertz CT molecular complexity index is 458. The molecule has 0 radical (unpaired) electrons. The second kappa shape index (κ2) is 3.78. The molecule has 0 unspecified atom stereocenters. The zero-order valence-corrected chi connectivity index (χ0v) is 9.83. The van der Waals surface area contributed by atoms with Crippen LogP contribution >= 0.6 is 0 Å². The smallest absolute Gasteiger partial charge is 0.0871 e. The van der Waals surface area contributed by atoms with Crippen molar-refractivity contribution in [2.45, 2.75) is 32.1 Å². The quantitative estimate of drug-likeness (QED) is 0.563. The number of fused-ring (bicyclic) bond motifs is 1. The molecule has 0 saturated heterocycles. The highest BCUT2D eigenvalue weighted by Crippen LogP contribution is 2.37. The van der Waals surface area contributed by atoms with Gasteiger partial charge in [-0.05, 0) is 29.4 Å². The molecule has 0 fully saturated rings. The second-order valence-corrected chi connectivity index (χ2v) is 4.94. The van der Waals surface area contributed by atoms with Crippen LogP contribution in [0.2, 0.25) is 0 Å². The van der Waals surface area contributed by atoms with E-state index in [1.807, 2.05) is 18.2 Å².